The maximum Gasteiger partial charge on any atom is 0.343 e. The Kier molecular flexibility index (Phi) is 6.25. The van der Waals surface area contributed by atoms with Crippen LogP contribution in [0.1, 0.15) is 15.9 Å². The number of hydrogen-bond acceptors (Lipinski definition) is 7. The number of carbonyl (C=O) groups is 2. The summed E-state index contributed by atoms with van der Waals surface area (Å²) in [5.41, 5.74) is 4.37. The molecule has 1 amide bonds. The molecule has 0 saturated carbocycles. The van der Waals surface area contributed by atoms with Crippen LogP contribution in [0.2, 0.25) is 0 Å². The molecule has 0 aromatic heterocycles. The number of ether oxygens (including phenoxy) is 3. The van der Waals surface area contributed by atoms with Crippen molar-refractivity contribution < 1.29 is 23.8 Å². The normalized spacial score (nSPS) is 12.0. The van der Waals surface area contributed by atoms with Crippen LogP contribution in [0.4, 0.5) is 5.69 Å². The Morgan fingerprint density at radius 2 is 1.74 bits per heavy atom. The molecule has 1 heterocycles. The SMILES string of the molecule is O=C(CNc1cccc2ccccc12)NN=Cc1cccc(OC(=O)c2ccc3c(c2)OCO3)c1. The summed E-state index contributed by atoms with van der Waals surface area (Å²) in [6, 6.07) is 25.5. The lowest BCUT2D eigenvalue weighted by molar-refractivity contribution is -0.119. The average Bonchev–Trinajstić information content (AvgIpc) is 3.36. The van der Waals surface area contributed by atoms with Gasteiger partial charge in [0.1, 0.15) is 5.75 Å². The van der Waals surface area contributed by atoms with E-state index in [1.54, 1.807) is 42.5 Å². The van der Waals surface area contributed by atoms with Crippen molar-refractivity contribution >= 4 is 34.6 Å². The Morgan fingerprint density at radius 3 is 2.69 bits per heavy atom. The lowest BCUT2D eigenvalue weighted by Crippen LogP contribution is -2.25. The van der Waals surface area contributed by atoms with Crippen LogP contribution in [-0.4, -0.2) is 31.4 Å². The minimum absolute atomic E-state index is 0.0680. The van der Waals surface area contributed by atoms with Crippen LogP contribution in [0, 0.1) is 0 Å². The van der Waals surface area contributed by atoms with Crippen LogP contribution >= 0.6 is 0 Å². The van der Waals surface area contributed by atoms with E-state index in [1.165, 1.54) is 6.21 Å². The van der Waals surface area contributed by atoms with E-state index in [-0.39, 0.29) is 19.2 Å². The van der Waals surface area contributed by atoms with Crippen molar-refractivity contribution in [3.63, 3.8) is 0 Å². The van der Waals surface area contributed by atoms with Gasteiger partial charge >= 0.3 is 5.97 Å². The van der Waals surface area contributed by atoms with E-state index < -0.39 is 5.97 Å². The van der Waals surface area contributed by atoms with Crippen LogP contribution in [0.25, 0.3) is 10.8 Å². The zero-order chi connectivity index (χ0) is 24.0. The first-order chi connectivity index (χ1) is 17.2. The molecule has 0 radical (unpaired) electrons. The maximum atomic E-state index is 12.5. The number of nitrogens with one attached hydrogen (secondary N) is 2. The topological polar surface area (TPSA) is 98.2 Å². The highest BCUT2D eigenvalue weighted by Crippen LogP contribution is 2.32. The predicted octanol–water partition coefficient (Wildman–Crippen LogP) is 4.35. The number of hydrazone groups is 1. The van der Waals surface area contributed by atoms with Gasteiger partial charge in [0.25, 0.3) is 5.91 Å². The highest BCUT2D eigenvalue weighted by molar-refractivity contribution is 5.95. The molecule has 0 aliphatic carbocycles. The summed E-state index contributed by atoms with van der Waals surface area (Å²) in [7, 11) is 0. The van der Waals surface area contributed by atoms with Gasteiger partial charge in [-0.05, 0) is 47.3 Å². The minimum atomic E-state index is -0.523. The van der Waals surface area contributed by atoms with E-state index >= 15 is 0 Å². The van der Waals surface area contributed by atoms with Gasteiger partial charge < -0.3 is 19.5 Å². The van der Waals surface area contributed by atoms with Gasteiger partial charge in [0, 0.05) is 11.1 Å². The zero-order valence-corrected chi connectivity index (χ0v) is 18.6. The number of nitrogens with zero attached hydrogens (tertiary/aromatic N) is 1. The van der Waals surface area contributed by atoms with Crippen LogP contribution in [0.5, 0.6) is 17.2 Å². The van der Waals surface area contributed by atoms with Gasteiger partial charge in [0.05, 0.1) is 18.3 Å². The number of benzene rings is 4. The van der Waals surface area contributed by atoms with Crippen molar-refractivity contribution in [2.45, 2.75) is 0 Å². The average molecular weight is 467 g/mol. The van der Waals surface area contributed by atoms with Gasteiger partial charge in [0.2, 0.25) is 6.79 Å². The van der Waals surface area contributed by atoms with Crippen molar-refractivity contribution in [3.05, 3.63) is 96.1 Å². The highest BCUT2D eigenvalue weighted by Gasteiger charge is 2.17. The van der Waals surface area contributed by atoms with E-state index in [2.05, 4.69) is 15.8 Å². The number of esters is 1. The number of hydrogen-bond donors (Lipinski definition) is 2. The molecule has 35 heavy (non-hydrogen) atoms. The first kappa shape index (κ1) is 22.0. The van der Waals surface area contributed by atoms with Crippen LogP contribution < -0.4 is 25.0 Å². The van der Waals surface area contributed by atoms with Crippen molar-refractivity contribution in [1.82, 2.24) is 5.43 Å². The molecule has 0 unspecified atom stereocenters. The summed E-state index contributed by atoms with van der Waals surface area (Å²) in [5, 5.41) is 9.27. The van der Waals surface area contributed by atoms with Crippen molar-refractivity contribution in [3.8, 4) is 17.2 Å². The van der Waals surface area contributed by atoms with E-state index in [9.17, 15) is 9.59 Å². The van der Waals surface area contributed by atoms with Crippen molar-refractivity contribution in [2.75, 3.05) is 18.7 Å². The second-order valence-corrected chi connectivity index (χ2v) is 7.70. The second kappa shape index (κ2) is 9.96. The summed E-state index contributed by atoms with van der Waals surface area (Å²) in [5.74, 6) is 0.630. The molecule has 0 atom stereocenters. The fourth-order valence-electron chi connectivity index (χ4n) is 3.62. The number of carbonyl (C=O) groups excluding carboxylic acids is 2. The molecular formula is C27H21N3O5. The summed E-state index contributed by atoms with van der Waals surface area (Å²) in [4.78, 5) is 24.7. The Labute approximate surface area is 201 Å². The standard InChI is InChI=1S/C27H21N3O5/c31-26(16-28-23-10-4-7-19-6-1-2-9-22(19)23)30-29-15-18-5-3-8-21(13-18)35-27(32)20-11-12-24-25(14-20)34-17-33-24/h1-15,28H,16-17H2,(H,30,31). The Balaban J connectivity index is 1.15. The quantitative estimate of drug-likeness (QED) is 0.182. The zero-order valence-electron chi connectivity index (χ0n) is 18.6. The molecule has 174 valence electrons. The summed E-state index contributed by atoms with van der Waals surface area (Å²) >= 11 is 0. The van der Waals surface area contributed by atoms with Gasteiger partial charge in [-0.3, -0.25) is 4.79 Å². The van der Waals surface area contributed by atoms with Gasteiger partial charge in [-0.2, -0.15) is 5.10 Å². The Hall–Kier alpha value is -4.85. The van der Waals surface area contributed by atoms with Crippen LogP contribution in [0.3, 0.4) is 0 Å². The third-order valence-corrected chi connectivity index (χ3v) is 5.31. The maximum absolute atomic E-state index is 12.5. The number of amides is 1. The molecule has 4 aromatic carbocycles. The monoisotopic (exact) mass is 467 g/mol. The molecule has 4 aromatic rings. The summed E-state index contributed by atoms with van der Waals surface area (Å²) in [6.45, 7) is 0.198. The highest BCUT2D eigenvalue weighted by atomic mass is 16.7. The van der Waals surface area contributed by atoms with Gasteiger partial charge in [-0.15, -0.1) is 0 Å². The Morgan fingerprint density at radius 1 is 0.914 bits per heavy atom. The Bertz CT molecular complexity index is 1430. The van der Waals surface area contributed by atoms with Crippen LogP contribution in [0.15, 0.2) is 90.0 Å². The molecule has 8 heteroatoms. The molecule has 1 aliphatic heterocycles. The van der Waals surface area contributed by atoms with E-state index in [0.717, 1.165) is 16.5 Å². The first-order valence-electron chi connectivity index (χ1n) is 10.9. The van der Waals surface area contributed by atoms with Gasteiger partial charge in [-0.25, -0.2) is 10.2 Å². The molecular weight excluding hydrogens is 446 g/mol. The number of fused-ring (bicyclic) bond motifs is 2. The fourth-order valence-corrected chi connectivity index (χ4v) is 3.62. The fraction of sp³-hybridized carbons (Fsp3) is 0.0741. The van der Waals surface area contributed by atoms with Crippen molar-refractivity contribution in [1.29, 1.82) is 0 Å². The number of rotatable bonds is 7. The molecule has 8 nitrogen and oxygen atoms in total. The molecule has 0 fully saturated rings. The van der Waals surface area contributed by atoms with Gasteiger partial charge in [0.15, 0.2) is 11.5 Å². The summed E-state index contributed by atoms with van der Waals surface area (Å²) < 4.78 is 16.0. The van der Waals surface area contributed by atoms with E-state index in [1.807, 2.05) is 42.5 Å². The lowest BCUT2D eigenvalue weighted by atomic mass is 10.1. The molecule has 1 aliphatic rings. The van der Waals surface area contributed by atoms with Crippen molar-refractivity contribution in [2.24, 2.45) is 5.10 Å². The van der Waals surface area contributed by atoms with E-state index in [4.69, 9.17) is 14.2 Å². The third-order valence-electron chi connectivity index (χ3n) is 5.31. The molecule has 2 N–H and O–H groups in total. The van der Waals surface area contributed by atoms with Gasteiger partial charge in [-0.1, -0.05) is 48.5 Å². The second-order valence-electron chi connectivity index (χ2n) is 7.70. The summed E-state index contributed by atoms with van der Waals surface area (Å²) in [6.07, 6.45) is 1.48. The smallest absolute Gasteiger partial charge is 0.343 e. The first-order valence-corrected chi connectivity index (χ1v) is 10.9. The molecule has 0 bridgehead atoms. The van der Waals surface area contributed by atoms with E-state index in [0.29, 0.717) is 28.4 Å². The molecule has 5 rings (SSSR count). The van der Waals surface area contributed by atoms with Crippen LogP contribution in [-0.2, 0) is 4.79 Å². The molecule has 0 spiro atoms. The number of anilines is 1. The lowest BCUT2D eigenvalue weighted by Gasteiger charge is -2.09. The predicted molar refractivity (Wildman–Crippen MR) is 132 cm³/mol. The third kappa shape index (κ3) is 5.22. The largest absolute Gasteiger partial charge is 0.454 e. The minimum Gasteiger partial charge on any atom is -0.454 e. The molecule has 0 saturated heterocycles.